The first-order valence-corrected chi connectivity index (χ1v) is 8.94. The van der Waals surface area contributed by atoms with E-state index in [-0.39, 0.29) is 50.7 Å². The third-order valence-electron chi connectivity index (χ3n) is 5.22. The van der Waals surface area contributed by atoms with Gasteiger partial charge >= 0.3 is 25.8 Å². The molecule has 0 N–H and O–H groups in total. The maximum atomic E-state index is 2.31. The van der Waals surface area contributed by atoms with Gasteiger partial charge < -0.3 is 24.8 Å². The van der Waals surface area contributed by atoms with E-state index < -0.39 is 0 Å². The van der Waals surface area contributed by atoms with Crippen molar-refractivity contribution in [1.29, 1.82) is 0 Å². The minimum atomic E-state index is 0. The summed E-state index contributed by atoms with van der Waals surface area (Å²) >= 11 is 0. The van der Waals surface area contributed by atoms with Crippen LogP contribution in [0.2, 0.25) is 0 Å². The number of fused-ring (bicyclic) bond motifs is 1. The molecule has 0 saturated carbocycles. The molecule has 0 radical (unpaired) electrons. The average Bonchev–Trinajstić information content (AvgIpc) is 2.97. The van der Waals surface area contributed by atoms with Crippen molar-refractivity contribution in [3.63, 3.8) is 0 Å². The van der Waals surface area contributed by atoms with Gasteiger partial charge in [-0.15, -0.1) is 40.6 Å². The number of hydrogen-bond acceptors (Lipinski definition) is 0. The number of rotatable bonds is 1. The zero-order valence-electron chi connectivity index (χ0n) is 17.9. The van der Waals surface area contributed by atoms with E-state index >= 15 is 0 Å². The fourth-order valence-electron chi connectivity index (χ4n) is 3.34. The molecule has 0 aromatic heterocycles. The van der Waals surface area contributed by atoms with Crippen LogP contribution >= 0.6 is 0 Å². The topological polar surface area (TPSA) is 0 Å². The van der Waals surface area contributed by atoms with Gasteiger partial charge in [0.25, 0.3) is 0 Å². The van der Waals surface area contributed by atoms with Crippen LogP contribution in [0.15, 0.2) is 36.4 Å². The van der Waals surface area contributed by atoms with Crippen LogP contribution < -0.4 is 24.8 Å². The predicted molar refractivity (Wildman–Crippen MR) is 108 cm³/mol. The second-order valence-corrected chi connectivity index (χ2v) is 8.35. The molecule has 0 fully saturated rings. The van der Waals surface area contributed by atoms with E-state index in [1.165, 1.54) is 44.2 Å². The van der Waals surface area contributed by atoms with Gasteiger partial charge in [0.2, 0.25) is 0 Å². The zero-order valence-corrected chi connectivity index (χ0v) is 23.0. The molecule has 0 atom stereocenters. The SMILES string of the molecule is CC(C)(C)Cc1cc2ccccc2[cH-]1.Cc1c(C)c(C)[c-](C)c1C.[Cl-].[Cl-].[Hf+4]. The second kappa shape index (κ2) is 11.6. The van der Waals surface area contributed by atoms with Crippen molar-refractivity contribution in [2.45, 2.75) is 61.8 Å². The van der Waals surface area contributed by atoms with Crippen LogP contribution in [0.25, 0.3) is 10.8 Å². The van der Waals surface area contributed by atoms with Gasteiger partial charge in [0.15, 0.2) is 0 Å². The molecule has 3 heteroatoms. The fraction of sp³-hybridized carbons (Fsp3) is 0.417. The van der Waals surface area contributed by atoms with Crippen LogP contribution in [0, 0.1) is 40.0 Å². The van der Waals surface area contributed by atoms with Crippen molar-refractivity contribution >= 4 is 10.8 Å². The molecule has 0 unspecified atom stereocenters. The zero-order chi connectivity index (χ0) is 18.1. The van der Waals surface area contributed by atoms with Gasteiger partial charge in [-0.3, -0.25) is 0 Å². The van der Waals surface area contributed by atoms with Crippen LogP contribution in [-0.2, 0) is 32.3 Å². The van der Waals surface area contributed by atoms with Gasteiger partial charge in [0.05, 0.1) is 0 Å². The summed E-state index contributed by atoms with van der Waals surface area (Å²) in [4.78, 5) is 0. The molecular weight excluding hydrogens is 538 g/mol. The van der Waals surface area contributed by atoms with Gasteiger partial charge in [-0.2, -0.15) is 33.9 Å². The molecule has 146 valence electrons. The molecule has 0 aliphatic carbocycles. The normalized spacial score (nSPS) is 10.2. The summed E-state index contributed by atoms with van der Waals surface area (Å²) in [7, 11) is 0. The molecule has 0 spiro atoms. The Bertz CT molecular complexity index is 719. The molecule has 0 aliphatic heterocycles. The third-order valence-corrected chi connectivity index (χ3v) is 5.22. The summed E-state index contributed by atoms with van der Waals surface area (Å²) in [6.45, 7) is 17.8. The Labute approximate surface area is 197 Å². The first-order valence-electron chi connectivity index (χ1n) is 8.94. The Morgan fingerprint density at radius 1 is 0.889 bits per heavy atom. The number of hydrogen-bond donors (Lipinski definition) is 0. The van der Waals surface area contributed by atoms with Crippen LogP contribution in [0.4, 0.5) is 0 Å². The number of halogens is 2. The standard InChI is InChI=1S/C14H17.C10H15.2ClH.Hf/c1-14(2,3)10-11-8-12-6-4-5-7-13(12)9-11;1-6-7(2)9(4)10(5)8(6)3;;;/h4-9H,10H2,1-3H3;1-5H3;2*1H;/q2*-1;;;+4/p-2. The van der Waals surface area contributed by atoms with Crippen LogP contribution in [0.5, 0.6) is 0 Å². The second-order valence-electron chi connectivity index (χ2n) is 8.35. The van der Waals surface area contributed by atoms with Gasteiger partial charge in [0.1, 0.15) is 0 Å². The molecule has 0 nitrogen and oxygen atoms in total. The summed E-state index contributed by atoms with van der Waals surface area (Å²) in [5.74, 6) is 0. The van der Waals surface area contributed by atoms with E-state index in [1.807, 2.05) is 0 Å². The van der Waals surface area contributed by atoms with Crippen molar-refractivity contribution in [1.82, 2.24) is 0 Å². The maximum Gasteiger partial charge on any atom is 4.00 e. The van der Waals surface area contributed by atoms with E-state index in [1.54, 1.807) is 0 Å². The van der Waals surface area contributed by atoms with Gasteiger partial charge in [0, 0.05) is 0 Å². The average molecular weight is 570 g/mol. The molecule has 27 heavy (non-hydrogen) atoms. The quantitative estimate of drug-likeness (QED) is 0.304. The Kier molecular flexibility index (Phi) is 12.4. The van der Waals surface area contributed by atoms with E-state index in [0.717, 1.165) is 6.42 Å². The smallest absolute Gasteiger partial charge is 1.00 e. The van der Waals surface area contributed by atoms with Gasteiger partial charge in [-0.25, -0.2) is 0 Å². The molecule has 3 aromatic carbocycles. The van der Waals surface area contributed by atoms with Crippen LogP contribution in [0.3, 0.4) is 0 Å². The molecule has 3 rings (SSSR count). The Balaban J connectivity index is 0. The molecular formula is C24H32Cl2Hf. The largest absolute Gasteiger partial charge is 4.00 e. The van der Waals surface area contributed by atoms with Crippen molar-refractivity contribution in [3.05, 3.63) is 69.8 Å². The summed E-state index contributed by atoms with van der Waals surface area (Å²) in [5, 5.41) is 2.73. The number of benzene rings is 1. The van der Waals surface area contributed by atoms with Crippen molar-refractivity contribution in [2.75, 3.05) is 0 Å². The monoisotopic (exact) mass is 570 g/mol. The first-order chi connectivity index (χ1) is 11.1. The Hall–Kier alpha value is -0.370. The minimum absolute atomic E-state index is 0. The summed E-state index contributed by atoms with van der Waals surface area (Å²) in [5.41, 5.74) is 9.17. The molecule has 0 heterocycles. The molecule has 0 aliphatic rings. The van der Waals surface area contributed by atoms with Gasteiger partial charge in [-0.1, -0.05) is 61.5 Å². The molecule has 0 saturated heterocycles. The summed E-state index contributed by atoms with van der Waals surface area (Å²) in [6.07, 6.45) is 1.15. The third kappa shape index (κ3) is 7.52. The van der Waals surface area contributed by atoms with E-state index in [2.05, 4.69) is 91.8 Å². The maximum absolute atomic E-state index is 2.31. The fourth-order valence-corrected chi connectivity index (χ4v) is 3.34. The molecule has 3 aromatic rings. The molecule has 0 bridgehead atoms. The van der Waals surface area contributed by atoms with E-state index in [4.69, 9.17) is 0 Å². The van der Waals surface area contributed by atoms with Gasteiger partial charge in [-0.05, 0) is 11.8 Å². The Morgan fingerprint density at radius 3 is 1.74 bits per heavy atom. The summed E-state index contributed by atoms with van der Waals surface area (Å²) < 4.78 is 0. The van der Waals surface area contributed by atoms with Crippen molar-refractivity contribution in [2.24, 2.45) is 5.41 Å². The van der Waals surface area contributed by atoms with E-state index in [9.17, 15) is 0 Å². The minimum Gasteiger partial charge on any atom is -1.00 e. The van der Waals surface area contributed by atoms with Crippen molar-refractivity contribution < 1.29 is 50.7 Å². The predicted octanol–water partition coefficient (Wildman–Crippen LogP) is 1.10. The van der Waals surface area contributed by atoms with Crippen LogP contribution in [0.1, 0.15) is 54.2 Å². The Morgan fingerprint density at radius 2 is 1.37 bits per heavy atom. The van der Waals surface area contributed by atoms with Crippen LogP contribution in [-0.4, -0.2) is 0 Å². The summed E-state index contributed by atoms with van der Waals surface area (Å²) in [6, 6.07) is 13.2. The first kappa shape index (κ1) is 28.8. The molecule has 0 amide bonds. The van der Waals surface area contributed by atoms with E-state index in [0.29, 0.717) is 5.41 Å². The van der Waals surface area contributed by atoms with Crippen molar-refractivity contribution in [3.8, 4) is 0 Å².